The number of hydrogen-bond acceptors (Lipinski definition) is 2. The standard InChI is InChI=1S/C15H20N2O/c1-10(14-8-11-4-5-12(14)7-11)17-15(18)13-3-2-6-16-9-13/h2-3,6,9-12,14H,4-5,7-8H2,1H3,(H,17,18)/t10-,11+,12+,14-/m0/s1. The van der Waals surface area contributed by atoms with Gasteiger partial charge in [0.1, 0.15) is 0 Å². The first-order valence-corrected chi connectivity index (χ1v) is 6.95. The number of hydrogen-bond donors (Lipinski definition) is 1. The van der Waals surface area contributed by atoms with Crippen LogP contribution in [0, 0.1) is 17.8 Å². The van der Waals surface area contributed by atoms with E-state index in [0.717, 1.165) is 11.8 Å². The normalized spacial score (nSPS) is 31.3. The van der Waals surface area contributed by atoms with Crippen molar-refractivity contribution in [3.63, 3.8) is 0 Å². The summed E-state index contributed by atoms with van der Waals surface area (Å²) in [5.74, 6) is 2.47. The molecule has 3 nitrogen and oxygen atoms in total. The Morgan fingerprint density at radius 1 is 1.44 bits per heavy atom. The molecule has 3 rings (SSSR count). The van der Waals surface area contributed by atoms with Gasteiger partial charge in [-0.1, -0.05) is 6.42 Å². The number of carbonyl (C=O) groups is 1. The molecular formula is C15H20N2O. The van der Waals surface area contributed by atoms with E-state index in [1.807, 2.05) is 6.07 Å². The van der Waals surface area contributed by atoms with E-state index in [1.165, 1.54) is 25.7 Å². The minimum absolute atomic E-state index is 0.0124. The van der Waals surface area contributed by atoms with Crippen LogP contribution >= 0.6 is 0 Å². The van der Waals surface area contributed by atoms with E-state index in [-0.39, 0.29) is 11.9 Å². The van der Waals surface area contributed by atoms with Crippen molar-refractivity contribution in [3.05, 3.63) is 30.1 Å². The lowest BCUT2D eigenvalue weighted by molar-refractivity contribution is 0.0915. The molecule has 1 heterocycles. The summed E-state index contributed by atoms with van der Waals surface area (Å²) in [4.78, 5) is 16.1. The Labute approximate surface area is 108 Å². The first-order chi connectivity index (χ1) is 8.74. The highest BCUT2D eigenvalue weighted by Gasteiger charge is 2.42. The highest BCUT2D eigenvalue weighted by molar-refractivity contribution is 5.93. The molecule has 2 aliphatic carbocycles. The van der Waals surface area contributed by atoms with Gasteiger partial charge in [-0.3, -0.25) is 9.78 Å². The van der Waals surface area contributed by atoms with Crippen molar-refractivity contribution in [2.75, 3.05) is 0 Å². The molecule has 0 unspecified atom stereocenters. The fraction of sp³-hybridized carbons (Fsp3) is 0.600. The molecule has 0 spiro atoms. The zero-order valence-electron chi connectivity index (χ0n) is 10.8. The monoisotopic (exact) mass is 244 g/mol. The molecule has 2 saturated carbocycles. The number of rotatable bonds is 3. The first-order valence-electron chi connectivity index (χ1n) is 6.95. The van der Waals surface area contributed by atoms with Crippen molar-refractivity contribution >= 4 is 5.91 Å². The van der Waals surface area contributed by atoms with Crippen molar-refractivity contribution in [1.29, 1.82) is 0 Å². The number of fused-ring (bicyclic) bond motifs is 2. The molecule has 0 aliphatic heterocycles. The second kappa shape index (κ2) is 4.71. The number of pyridine rings is 1. The van der Waals surface area contributed by atoms with Crippen LogP contribution in [0.5, 0.6) is 0 Å². The molecule has 96 valence electrons. The van der Waals surface area contributed by atoms with Crippen LogP contribution in [-0.4, -0.2) is 16.9 Å². The highest BCUT2D eigenvalue weighted by atomic mass is 16.1. The fourth-order valence-electron chi connectivity index (χ4n) is 3.80. The third-order valence-electron chi connectivity index (χ3n) is 4.72. The molecule has 4 atom stereocenters. The largest absolute Gasteiger partial charge is 0.349 e. The highest BCUT2D eigenvalue weighted by Crippen LogP contribution is 2.49. The molecule has 1 aromatic rings. The van der Waals surface area contributed by atoms with E-state index in [9.17, 15) is 4.79 Å². The Balaban J connectivity index is 1.61. The lowest BCUT2D eigenvalue weighted by atomic mass is 9.84. The number of amides is 1. The average molecular weight is 244 g/mol. The number of nitrogens with zero attached hydrogens (tertiary/aromatic N) is 1. The van der Waals surface area contributed by atoms with Gasteiger partial charge < -0.3 is 5.32 Å². The molecule has 2 fully saturated rings. The van der Waals surface area contributed by atoms with Crippen LogP contribution in [0.1, 0.15) is 43.0 Å². The molecule has 1 aromatic heterocycles. The molecule has 18 heavy (non-hydrogen) atoms. The lowest BCUT2D eigenvalue weighted by Gasteiger charge is -2.28. The molecule has 1 N–H and O–H groups in total. The van der Waals surface area contributed by atoms with E-state index in [0.29, 0.717) is 11.5 Å². The zero-order valence-corrected chi connectivity index (χ0v) is 10.8. The van der Waals surface area contributed by atoms with Crippen LogP contribution in [0.4, 0.5) is 0 Å². The van der Waals surface area contributed by atoms with E-state index in [1.54, 1.807) is 18.5 Å². The van der Waals surface area contributed by atoms with E-state index in [2.05, 4.69) is 17.2 Å². The maximum atomic E-state index is 12.1. The van der Waals surface area contributed by atoms with Crippen molar-refractivity contribution in [2.45, 2.75) is 38.6 Å². The predicted octanol–water partition coefficient (Wildman–Crippen LogP) is 2.64. The number of nitrogens with one attached hydrogen (secondary N) is 1. The average Bonchev–Trinajstić information content (AvgIpc) is 3.02. The van der Waals surface area contributed by atoms with Crippen LogP contribution in [-0.2, 0) is 0 Å². The van der Waals surface area contributed by atoms with Crippen molar-refractivity contribution in [1.82, 2.24) is 10.3 Å². The van der Waals surface area contributed by atoms with Crippen LogP contribution in [0.3, 0.4) is 0 Å². The van der Waals surface area contributed by atoms with Gasteiger partial charge in [-0.25, -0.2) is 0 Å². The quantitative estimate of drug-likeness (QED) is 0.888. The van der Waals surface area contributed by atoms with Crippen LogP contribution in [0.2, 0.25) is 0 Å². The Morgan fingerprint density at radius 2 is 2.33 bits per heavy atom. The van der Waals surface area contributed by atoms with Gasteiger partial charge >= 0.3 is 0 Å². The SMILES string of the molecule is C[C@H](NC(=O)c1cccnc1)[C@@H]1C[C@@H]2CC[C@@H]1C2. The van der Waals surface area contributed by atoms with Gasteiger partial charge in [0, 0.05) is 18.4 Å². The van der Waals surface area contributed by atoms with Crippen molar-refractivity contribution in [3.8, 4) is 0 Å². The Kier molecular flexibility index (Phi) is 3.06. The van der Waals surface area contributed by atoms with Crippen molar-refractivity contribution in [2.24, 2.45) is 17.8 Å². The Morgan fingerprint density at radius 3 is 2.94 bits per heavy atom. The minimum Gasteiger partial charge on any atom is -0.349 e. The van der Waals surface area contributed by atoms with Crippen LogP contribution < -0.4 is 5.32 Å². The van der Waals surface area contributed by atoms with E-state index < -0.39 is 0 Å². The third kappa shape index (κ3) is 2.14. The summed E-state index contributed by atoms with van der Waals surface area (Å²) in [5.41, 5.74) is 0.660. The summed E-state index contributed by atoms with van der Waals surface area (Å²) in [5, 5.41) is 3.14. The summed E-state index contributed by atoms with van der Waals surface area (Å²) >= 11 is 0. The summed E-state index contributed by atoms with van der Waals surface area (Å²) in [6.07, 6.45) is 8.78. The van der Waals surface area contributed by atoms with Gasteiger partial charge in [-0.05, 0) is 56.1 Å². The second-order valence-electron chi connectivity index (χ2n) is 5.84. The van der Waals surface area contributed by atoms with E-state index in [4.69, 9.17) is 0 Å². The maximum absolute atomic E-state index is 12.1. The first kappa shape index (κ1) is 11.7. The molecule has 0 saturated heterocycles. The lowest BCUT2D eigenvalue weighted by Crippen LogP contribution is -2.40. The summed E-state index contributed by atoms with van der Waals surface area (Å²) < 4.78 is 0. The van der Waals surface area contributed by atoms with Gasteiger partial charge in [-0.15, -0.1) is 0 Å². The summed E-state index contributed by atoms with van der Waals surface area (Å²) in [7, 11) is 0. The second-order valence-corrected chi connectivity index (χ2v) is 5.84. The number of carbonyl (C=O) groups excluding carboxylic acids is 1. The third-order valence-corrected chi connectivity index (χ3v) is 4.72. The molecule has 3 heteroatoms. The Bertz CT molecular complexity index is 431. The molecule has 1 amide bonds. The van der Waals surface area contributed by atoms with Gasteiger partial charge in [0.25, 0.3) is 5.91 Å². The molecule has 0 radical (unpaired) electrons. The summed E-state index contributed by atoms with van der Waals surface area (Å²) in [6, 6.07) is 3.90. The molecule has 0 aromatic carbocycles. The van der Waals surface area contributed by atoms with Gasteiger partial charge in [0.15, 0.2) is 0 Å². The molecule has 2 bridgehead atoms. The topological polar surface area (TPSA) is 42.0 Å². The van der Waals surface area contributed by atoms with Gasteiger partial charge in [0.05, 0.1) is 5.56 Å². The smallest absolute Gasteiger partial charge is 0.253 e. The Hall–Kier alpha value is -1.38. The number of aromatic nitrogens is 1. The van der Waals surface area contributed by atoms with Gasteiger partial charge in [0.2, 0.25) is 0 Å². The maximum Gasteiger partial charge on any atom is 0.253 e. The van der Waals surface area contributed by atoms with Crippen LogP contribution in [0.15, 0.2) is 24.5 Å². The van der Waals surface area contributed by atoms with E-state index >= 15 is 0 Å². The zero-order chi connectivity index (χ0) is 12.5. The van der Waals surface area contributed by atoms with Crippen molar-refractivity contribution < 1.29 is 4.79 Å². The van der Waals surface area contributed by atoms with Gasteiger partial charge in [-0.2, -0.15) is 0 Å². The summed E-state index contributed by atoms with van der Waals surface area (Å²) in [6.45, 7) is 2.15. The molecular weight excluding hydrogens is 224 g/mol. The van der Waals surface area contributed by atoms with Crippen LogP contribution in [0.25, 0.3) is 0 Å². The predicted molar refractivity (Wildman–Crippen MR) is 70.1 cm³/mol. The minimum atomic E-state index is 0.0124. The fourth-order valence-corrected chi connectivity index (χ4v) is 3.80. The molecule has 2 aliphatic rings.